The summed E-state index contributed by atoms with van der Waals surface area (Å²) in [6.45, 7) is 0. The molecule has 2 atom stereocenters. The highest BCUT2D eigenvalue weighted by Gasteiger charge is 2.45. The molecule has 5 heteroatoms. The van der Waals surface area contributed by atoms with Gasteiger partial charge in [-0.3, -0.25) is 0 Å². The lowest BCUT2D eigenvalue weighted by molar-refractivity contribution is -0.0640. The summed E-state index contributed by atoms with van der Waals surface area (Å²) in [7, 11) is 0. The molecule has 18 heavy (non-hydrogen) atoms. The van der Waals surface area contributed by atoms with Gasteiger partial charge in [0.2, 0.25) is 6.43 Å². The molecule has 0 spiro atoms. The van der Waals surface area contributed by atoms with Crippen molar-refractivity contribution in [3.63, 3.8) is 0 Å². The summed E-state index contributed by atoms with van der Waals surface area (Å²) < 4.78 is 65.3. The third-order valence-corrected chi connectivity index (χ3v) is 4.55. The Balaban J connectivity index is 1.93. The predicted octanol–water partition coefficient (Wildman–Crippen LogP) is 4.48. The van der Waals surface area contributed by atoms with Crippen LogP contribution in [0.1, 0.15) is 38.5 Å². The lowest BCUT2D eigenvalue weighted by atomic mass is 9.69. The first-order chi connectivity index (χ1) is 8.49. The Kier molecular flexibility index (Phi) is 4.49. The summed E-state index contributed by atoms with van der Waals surface area (Å²) in [5.41, 5.74) is 0. The van der Waals surface area contributed by atoms with Crippen molar-refractivity contribution >= 4 is 0 Å². The van der Waals surface area contributed by atoms with E-state index in [0.717, 1.165) is 0 Å². The third-order valence-electron chi connectivity index (χ3n) is 4.55. The van der Waals surface area contributed by atoms with E-state index in [1.54, 1.807) is 0 Å². The van der Waals surface area contributed by atoms with Gasteiger partial charge in [-0.2, -0.15) is 0 Å². The molecular formula is C13H19F5. The zero-order valence-electron chi connectivity index (χ0n) is 10.2. The molecule has 0 aromatic carbocycles. The largest absolute Gasteiger partial charge is 0.247 e. The minimum atomic E-state index is -2.93. The lowest BCUT2D eigenvalue weighted by Gasteiger charge is -2.39. The predicted molar refractivity (Wildman–Crippen MR) is 58.9 cm³/mol. The number of rotatable bonds is 2. The fourth-order valence-corrected chi connectivity index (χ4v) is 3.47. The minimum absolute atomic E-state index is 0.0110. The van der Waals surface area contributed by atoms with E-state index in [9.17, 15) is 22.0 Å². The highest BCUT2D eigenvalue weighted by Crippen LogP contribution is 2.44. The summed E-state index contributed by atoms with van der Waals surface area (Å²) in [5.74, 6) is -1.86. The van der Waals surface area contributed by atoms with Crippen LogP contribution in [0.4, 0.5) is 22.0 Å². The maximum Gasteiger partial charge on any atom is 0.247 e. The maximum atomic E-state index is 13.6. The molecule has 0 aromatic heterocycles. The van der Waals surface area contributed by atoms with Gasteiger partial charge in [-0.25, -0.2) is 22.0 Å². The molecule has 0 heterocycles. The van der Waals surface area contributed by atoms with Gasteiger partial charge < -0.3 is 0 Å². The smallest absolute Gasteiger partial charge is 0.247 e. The molecule has 2 aliphatic carbocycles. The summed E-state index contributed by atoms with van der Waals surface area (Å²) in [5, 5.41) is 0. The first kappa shape index (κ1) is 14.1. The molecule has 0 radical (unpaired) electrons. The van der Waals surface area contributed by atoms with E-state index >= 15 is 0 Å². The molecular weight excluding hydrogens is 251 g/mol. The first-order valence-electron chi connectivity index (χ1n) is 6.69. The fraction of sp³-hybridized carbons (Fsp3) is 1.00. The quantitative estimate of drug-likeness (QED) is 0.649. The van der Waals surface area contributed by atoms with Crippen LogP contribution in [0.5, 0.6) is 0 Å². The van der Waals surface area contributed by atoms with Crippen molar-refractivity contribution in [3.8, 4) is 0 Å². The highest BCUT2D eigenvalue weighted by molar-refractivity contribution is 4.91. The molecule has 0 aromatic rings. The van der Waals surface area contributed by atoms with Crippen LogP contribution in [0.3, 0.4) is 0 Å². The Bertz CT molecular complexity index is 250. The molecule has 106 valence electrons. The monoisotopic (exact) mass is 270 g/mol. The summed E-state index contributed by atoms with van der Waals surface area (Å²) in [6, 6.07) is 0. The van der Waals surface area contributed by atoms with Crippen molar-refractivity contribution in [1.29, 1.82) is 0 Å². The van der Waals surface area contributed by atoms with Gasteiger partial charge in [-0.15, -0.1) is 0 Å². The van der Waals surface area contributed by atoms with E-state index in [4.69, 9.17) is 0 Å². The fourth-order valence-electron chi connectivity index (χ4n) is 3.47. The molecule has 0 nitrogen and oxygen atoms in total. The Hall–Kier alpha value is -0.350. The van der Waals surface area contributed by atoms with Gasteiger partial charge in [0.15, 0.2) is 0 Å². The second kappa shape index (κ2) is 5.74. The second-order valence-corrected chi connectivity index (χ2v) is 5.69. The maximum absolute atomic E-state index is 13.6. The van der Waals surface area contributed by atoms with Gasteiger partial charge in [0, 0.05) is 0 Å². The number of halogens is 5. The molecule has 2 fully saturated rings. The van der Waals surface area contributed by atoms with Crippen molar-refractivity contribution in [2.45, 2.75) is 63.5 Å². The Morgan fingerprint density at radius 1 is 0.722 bits per heavy atom. The van der Waals surface area contributed by atoms with Crippen molar-refractivity contribution in [3.05, 3.63) is 0 Å². The average molecular weight is 270 g/mol. The van der Waals surface area contributed by atoms with Gasteiger partial charge in [0.1, 0.15) is 18.5 Å². The topological polar surface area (TPSA) is 0 Å². The van der Waals surface area contributed by atoms with E-state index in [1.165, 1.54) is 0 Å². The van der Waals surface area contributed by atoms with E-state index in [1.807, 2.05) is 0 Å². The molecule has 2 unspecified atom stereocenters. The molecule has 2 rings (SSSR count). The minimum Gasteiger partial charge on any atom is -0.247 e. The van der Waals surface area contributed by atoms with Gasteiger partial charge >= 0.3 is 0 Å². The summed E-state index contributed by atoms with van der Waals surface area (Å²) >= 11 is 0. The highest BCUT2D eigenvalue weighted by atomic mass is 19.3. The summed E-state index contributed by atoms with van der Waals surface area (Å²) in [6.07, 6.45) is -5.11. The van der Waals surface area contributed by atoms with Crippen LogP contribution in [0.2, 0.25) is 0 Å². The number of hydrogen-bond acceptors (Lipinski definition) is 0. The van der Waals surface area contributed by atoms with Gasteiger partial charge in [-0.1, -0.05) is 0 Å². The zero-order valence-corrected chi connectivity index (χ0v) is 10.2. The third kappa shape index (κ3) is 2.97. The second-order valence-electron chi connectivity index (χ2n) is 5.69. The van der Waals surface area contributed by atoms with Gasteiger partial charge in [0.25, 0.3) is 0 Å². The van der Waals surface area contributed by atoms with Crippen LogP contribution in [0.25, 0.3) is 0 Å². The molecule has 0 aliphatic heterocycles. The summed E-state index contributed by atoms with van der Waals surface area (Å²) in [4.78, 5) is 0. The van der Waals surface area contributed by atoms with E-state index in [-0.39, 0.29) is 24.7 Å². The van der Waals surface area contributed by atoms with Gasteiger partial charge in [-0.05, 0) is 50.4 Å². The Morgan fingerprint density at radius 2 is 1.22 bits per heavy atom. The van der Waals surface area contributed by atoms with Gasteiger partial charge in [0.05, 0.1) is 5.92 Å². The Morgan fingerprint density at radius 3 is 1.67 bits per heavy atom. The van der Waals surface area contributed by atoms with Crippen molar-refractivity contribution in [2.24, 2.45) is 17.8 Å². The molecule has 2 aliphatic rings. The van der Waals surface area contributed by atoms with Crippen molar-refractivity contribution in [1.82, 2.24) is 0 Å². The standard InChI is InChI=1S/C13H19F5/c14-9-3-1-7(2-4-9)8-5-10(15)12(13(17)18)11(16)6-8/h7-13H,1-6H2. The van der Waals surface area contributed by atoms with Crippen LogP contribution in [-0.2, 0) is 0 Å². The Labute approximate surface area is 104 Å². The van der Waals surface area contributed by atoms with Crippen molar-refractivity contribution in [2.75, 3.05) is 0 Å². The first-order valence-corrected chi connectivity index (χ1v) is 6.69. The van der Waals surface area contributed by atoms with E-state index in [2.05, 4.69) is 0 Å². The van der Waals surface area contributed by atoms with Crippen molar-refractivity contribution < 1.29 is 22.0 Å². The normalized spacial score (nSPS) is 46.3. The van der Waals surface area contributed by atoms with E-state index in [0.29, 0.717) is 25.7 Å². The zero-order chi connectivity index (χ0) is 13.3. The average Bonchev–Trinajstić information content (AvgIpc) is 2.28. The number of hydrogen-bond donors (Lipinski definition) is 0. The van der Waals surface area contributed by atoms with Crippen LogP contribution in [0.15, 0.2) is 0 Å². The van der Waals surface area contributed by atoms with Crippen LogP contribution in [0, 0.1) is 17.8 Å². The molecule has 0 saturated heterocycles. The molecule has 0 amide bonds. The van der Waals surface area contributed by atoms with Crippen LogP contribution in [-0.4, -0.2) is 24.9 Å². The van der Waals surface area contributed by atoms with Crippen LogP contribution >= 0.6 is 0 Å². The molecule has 2 saturated carbocycles. The number of alkyl halides is 5. The lowest BCUT2D eigenvalue weighted by Crippen LogP contribution is -2.42. The van der Waals surface area contributed by atoms with Crippen LogP contribution < -0.4 is 0 Å². The molecule has 0 bridgehead atoms. The SMILES string of the molecule is FC1CCC(C2CC(F)C(C(F)F)C(F)C2)CC1. The van der Waals surface area contributed by atoms with E-state index < -0.39 is 30.9 Å². The molecule has 0 N–H and O–H groups in total.